The zero-order valence-electron chi connectivity index (χ0n) is 18.9. The quantitative estimate of drug-likeness (QED) is 0.439. The molecule has 0 aliphatic carbocycles. The molecule has 0 bridgehead atoms. The lowest BCUT2D eigenvalue weighted by atomic mass is 10.0. The van der Waals surface area contributed by atoms with Crippen LogP contribution in [0.1, 0.15) is 37.3 Å². The number of aryl methyl sites for hydroxylation is 1. The number of nitrogens with zero attached hydrogens (tertiary/aromatic N) is 4. The van der Waals surface area contributed by atoms with Crippen LogP contribution >= 0.6 is 11.6 Å². The molecule has 2 aromatic carbocycles. The van der Waals surface area contributed by atoms with Crippen LogP contribution < -0.4 is 5.56 Å². The maximum absolute atomic E-state index is 13.7. The number of rotatable bonds is 4. The van der Waals surface area contributed by atoms with Crippen molar-refractivity contribution in [2.45, 2.75) is 52.2 Å². The lowest BCUT2D eigenvalue weighted by Crippen LogP contribution is -2.43. The summed E-state index contributed by atoms with van der Waals surface area (Å²) in [6.07, 6.45) is 4.77. The fourth-order valence-corrected chi connectivity index (χ4v) is 5.09. The van der Waals surface area contributed by atoms with Crippen molar-refractivity contribution in [1.29, 1.82) is 0 Å². The van der Waals surface area contributed by atoms with Crippen molar-refractivity contribution < 1.29 is 4.79 Å². The van der Waals surface area contributed by atoms with Crippen LogP contribution in [0.15, 0.2) is 53.6 Å². The highest BCUT2D eigenvalue weighted by Crippen LogP contribution is 2.27. The maximum atomic E-state index is 13.7. The Kier molecular flexibility index (Phi) is 5.71. The summed E-state index contributed by atoms with van der Waals surface area (Å²) in [4.78, 5) is 33.6. The highest BCUT2D eigenvalue weighted by molar-refractivity contribution is 6.31. The standard InChI is InChI=1S/C26H27ClN4O2/c1-17-10-11-22-20(13-17)24-25(31(22)15-23(32)30-12-6-5-7-18(30)2)26(33)29(16-28-24)14-19-8-3-4-9-21(19)27/h3-4,8-11,13,16,18H,5-7,12,14-15H2,1-2H3/t18-/m1/s1. The van der Waals surface area contributed by atoms with Crippen molar-refractivity contribution in [2.24, 2.45) is 0 Å². The first-order valence-electron chi connectivity index (χ1n) is 11.4. The number of benzene rings is 2. The number of carbonyl (C=O) groups excluding carboxylic acids is 1. The molecule has 0 N–H and O–H groups in total. The Balaban J connectivity index is 1.65. The summed E-state index contributed by atoms with van der Waals surface area (Å²) < 4.78 is 3.42. The fraction of sp³-hybridized carbons (Fsp3) is 0.346. The fourth-order valence-electron chi connectivity index (χ4n) is 4.90. The Morgan fingerprint density at radius 2 is 2.00 bits per heavy atom. The van der Waals surface area contributed by atoms with Crippen LogP contribution in [0.5, 0.6) is 0 Å². The SMILES string of the molecule is Cc1ccc2c(c1)c1ncn(Cc3ccccc3Cl)c(=O)c1n2CC(=O)N1CCCC[C@H]1C. The van der Waals surface area contributed by atoms with E-state index in [0.717, 1.165) is 47.8 Å². The number of carbonyl (C=O) groups is 1. The zero-order chi connectivity index (χ0) is 23.1. The molecule has 1 amide bonds. The molecule has 0 unspecified atom stereocenters. The zero-order valence-corrected chi connectivity index (χ0v) is 19.7. The summed E-state index contributed by atoms with van der Waals surface area (Å²) in [5.74, 6) is 0.0440. The van der Waals surface area contributed by atoms with Gasteiger partial charge in [0.25, 0.3) is 5.56 Å². The number of aromatic nitrogens is 3. The number of fused-ring (bicyclic) bond motifs is 3. The largest absolute Gasteiger partial charge is 0.338 e. The first kappa shape index (κ1) is 21.7. The second-order valence-corrected chi connectivity index (χ2v) is 9.41. The van der Waals surface area contributed by atoms with Gasteiger partial charge in [-0.15, -0.1) is 0 Å². The van der Waals surface area contributed by atoms with E-state index in [1.165, 1.54) is 0 Å². The summed E-state index contributed by atoms with van der Waals surface area (Å²) in [5, 5.41) is 1.50. The molecular formula is C26H27ClN4O2. The molecule has 170 valence electrons. The second kappa shape index (κ2) is 8.67. The van der Waals surface area contributed by atoms with Gasteiger partial charge in [0.2, 0.25) is 5.91 Å². The maximum Gasteiger partial charge on any atom is 0.278 e. The van der Waals surface area contributed by atoms with E-state index in [0.29, 0.717) is 22.6 Å². The first-order chi connectivity index (χ1) is 15.9. The third-order valence-electron chi connectivity index (χ3n) is 6.70. The van der Waals surface area contributed by atoms with Crippen molar-refractivity contribution >= 4 is 39.4 Å². The van der Waals surface area contributed by atoms with Crippen LogP contribution in [0.3, 0.4) is 0 Å². The number of hydrogen-bond donors (Lipinski definition) is 0. The molecule has 0 saturated carbocycles. The van der Waals surface area contributed by atoms with Gasteiger partial charge in [0.1, 0.15) is 17.6 Å². The van der Waals surface area contributed by atoms with Gasteiger partial charge in [-0.05, 0) is 56.9 Å². The number of likely N-dealkylation sites (tertiary alicyclic amines) is 1. The Bertz CT molecular complexity index is 1420. The number of hydrogen-bond acceptors (Lipinski definition) is 3. The van der Waals surface area contributed by atoms with Crippen molar-refractivity contribution in [2.75, 3.05) is 6.54 Å². The van der Waals surface area contributed by atoms with Gasteiger partial charge in [-0.1, -0.05) is 41.4 Å². The van der Waals surface area contributed by atoms with E-state index >= 15 is 0 Å². The molecule has 5 rings (SSSR count). The van der Waals surface area contributed by atoms with E-state index in [-0.39, 0.29) is 24.1 Å². The Morgan fingerprint density at radius 3 is 2.79 bits per heavy atom. The van der Waals surface area contributed by atoms with E-state index in [1.807, 2.05) is 58.9 Å². The van der Waals surface area contributed by atoms with Gasteiger partial charge < -0.3 is 9.47 Å². The topological polar surface area (TPSA) is 60.1 Å². The summed E-state index contributed by atoms with van der Waals surface area (Å²) in [5.41, 5.74) is 3.71. The van der Waals surface area contributed by atoms with Gasteiger partial charge in [-0.3, -0.25) is 14.2 Å². The molecule has 2 aromatic heterocycles. The molecule has 1 fully saturated rings. The molecule has 1 aliphatic heterocycles. The van der Waals surface area contributed by atoms with Crippen LogP contribution in [0.25, 0.3) is 21.9 Å². The predicted octanol–water partition coefficient (Wildman–Crippen LogP) is 4.76. The monoisotopic (exact) mass is 462 g/mol. The number of amides is 1. The highest BCUT2D eigenvalue weighted by atomic mass is 35.5. The average Bonchev–Trinajstić information content (AvgIpc) is 3.10. The lowest BCUT2D eigenvalue weighted by molar-refractivity contribution is -0.134. The van der Waals surface area contributed by atoms with Crippen LogP contribution in [0.2, 0.25) is 5.02 Å². The molecular weight excluding hydrogens is 436 g/mol. The molecule has 1 aliphatic rings. The summed E-state index contributed by atoms with van der Waals surface area (Å²) in [6.45, 7) is 5.33. The average molecular weight is 463 g/mol. The van der Waals surface area contributed by atoms with Crippen molar-refractivity contribution in [3.8, 4) is 0 Å². The summed E-state index contributed by atoms with van der Waals surface area (Å²) in [6, 6.07) is 13.7. The minimum Gasteiger partial charge on any atom is -0.338 e. The molecule has 7 heteroatoms. The van der Waals surface area contributed by atoms with Crippen molar-refractivity contribution in [3.63, 3.8) is 0 Å². The van der Waals surface area contributed by atoms with Gasteiger partial charge in [-0.2, -0.15) is 0 Å². The van der Waals surface area contributed by atoms with E-state index < -0.39 is 0 Å². The second-order valence-electron chi connectivity index (χ2n) is 9.00. The normalized spacial score (nSPS) is 16.6. The number of piperidine rings is 1. The smallest absolute Gasteiger partial charge is 0.278 e. The lowest BCUT2D eigenvalue weighted by Gasteiger charge is -2.33. The van der Waals surface area contributed by atoms with Gasteiger partial charge in [0.15, 0.2) is 0 Å². The van der Waals surface area contributed by atoms with Crippen LogP contribution in [-0.4, -0.2) is 37.5 Å². The van der Waals surface area contributed by atoms with E-state index in [9.17, 15) is 9.59 Å². The predicted molar refractivity (Wildman–Crippen MR) is 132 cm³/mol. The molecule has 1 atom stereocenters. The van der Waals surface area contributed by atoms with Gasteiger partial charge >= 0.3 is 0 Å². The third kappa shape index (κ3) is 3.93. The molecule has 3 heterocycles. The van der Waals surface area contributed by atoms with Crippen molar-refractivity contribution in [1.82, 2.24) is 19.0 Å². The van der Waals surface area contributed by atoms with E-state index in [1.54, 1.807) is 10.9 Å². The van der Waals surface area contributed by atoms with Crippen molar-refractivity contribution in [3.05, 3.63) is 75.3 Å². The van der Waals surface area contributed by atoms with Gasteiger partial charge in [0, 0.05) is 23.0 Å². The molecule has 4 aromatic rings. The van der Waals surface area contributed by atoms with Gasteiger partial charge in [0.05, 0.1) is 18.4 Å². The number of halogens is 1. The Labute approximate surface area is 197 Å². The molecule has 0 radical (unpaired) electrons. The molecule has 1 saturated heterocycles. The van der Waals surface area contributed by atoms with Crippen LogP contribution in [0, 0.1) is 6.92 Å². The summed E-state index contributed by atoms with van der Waals surface area (Å²) in [7, 11) is 0. The van der Waals surface area contributed by atoms with E-state index in [4.69, 9.17) is 11.6 Å². The first-order valence-corrected chi connectivity index (χ1v) is 11.8. The Morgan fingerprint density at radius 1 is 1.18 bits per heavy atom. The van der Waals surface area contributed by atoms with Crippen LogP contribution in [0.4, 0.5) is 0 Å². The summed E-state index contributed by atoms with van der Waals surface area (Å²) >= 11 is 6.33. The molecule has 33 heavy (non-hydrogen) atoms. The minimum atomic E-state index is -0.173. The van der Waals surface area contributed by atoms with E-state index in [2.05, 4.69) is 11.9 Å². The third-order valence-corrected chi connectivity index (χ3v) is 7.07. The minimum absolute atomic E-state index is 0.0440. The highest BCUT2D eigenvalue weighted by Gasteiger charge is 2.25. The van der Waals surface area contributed by atoms with Gasteiger partial charge in [-0.25, -0.2) is 4.98 Å². The molecule has 0 spiro atoms. The van der Waals surface area contributed by atoms with Crippen LogP contribution in [-0.2, 0) is 17.9 Å². The molecule has 6 nitrogen and oxygen atoms in total. The Hall–Kier alpha value is -3.12.